The highest BCUT2D eigenvalue weighted by atomic mass is 32.1. The van der Waals surface area contributed by atoms with Crippen molar-refractivity contribution in [3.05, 3.63) is 25.3 Å². The molecule has 3 amide bonds. The van der Waals surface area contributed by atoms with Crippen LogP contribution in [0, 0.1) is 0 Å². The van der Waals surface area contributed by atoms with Crippen LogP contribution in [0.4, 0.5) is 0 Å². The fourth-order valence-electron chi connectivity index (χ4n) is 1.44. The Morgan fingerprint density at radius 1 is 1.19 bits per heavy atom. The molecule has 0 fully saturated rings. The summed E-state index contributed by atoms with van der Waals surface area (Å²) in [5, 5.41) is 6.89. The molecule has 0 aromatic carbocycles. The lowest BCUT2D eigenvalue weighted by Crippen LogP contribution is -2.63. The van der Waals surface area contributed by atoms with Crippen molar-refractivity contribution in [2.75, 3.05) is 0 Å². The number of amides is 3. The Kier molecular flexibility index (Phi) is 7.92. The molecule has 0 aromatic heterocycles. The van der Waals surface area contributed by atoms with Gasteiger partial charge >= 0.3 is 0 Å². The number of thiocarbonyl (C=S) groups is 1. The van der Waals surface area contributed by atoms with Gasteiger partial charge in [0.15, 0.2) is 0 Å². The molecule has 0 spiro atoms. The van der Waals surface area contributed by atoms with Crippen LogP contribution in [0.1, 0.15) is 26.7 Å². The van der Waals surface area contributed by atoms with Crippen LogP contribution < -0.4 is 16.0 Å². The lowest BCUT2D eigenvalue weighted by atomic mass is 10.2. The van der Waals surface area contributed by atoms with Crippen molar-refractivity contribution in [2.24, 2.45) is 0 Å². The number of hydrogen-bond donors (Lipinski definition) is 3. The van der Waals surface area contributed by atoms with E-state index >= 15 is 0 Å². The number of carbonyl (C=O) groups is 3. The van der Waals surface area contributed by atoms with Gasteiger partial charge in [0.1, 0.15) is 0 Å². The molecule has 8 heteroatoms. The topological polar surface area (TPSA) is 96.5 Å². The molecule has 0 saturated heterocycles. The predicted molar refractivity (Wildman–Crippen MR) is 81.8 cm³/mol. The Bertz CT molecular complexity index is 440. The highest BCUT2D eigenvalue weighted by Crippen LogP contribution is 2.13. The van der Waals surface area contributed by atoms with Gasteiger partial charge in [-0.15, -0.1) is 0 Å². The first-order chi connectivity index (χ1) is 9.78. The van der Waals surface area contributed by atoms with Crippen LogP contribution in [-0.4, -0.2) is 28.7 Å². The Morgan fingerprint density at radius 3 is 2.00 bits per heavy atom. The van der Waals surface area contributed by atoms with Crippen LogP contribution in [0.15, 0.2) is 25.3 Å². The normalized spacial score (nSPS) is 10.0. The van der Waals surface area contributed by atoms with Crippen LogP contribution in [0.5, 0.6) is 0 Å². The summed E-state index contributed by atoms with van der Waals surface area (Å²) >= 11 is 4.86. The second-order valence-electron chi connectivity index (χ2n) is 4.03. The van der Waals surface area contributed by atoms with Crippen molar-refractivity contribution >= 4 is 35.1 Å². The maximum absolute atomic E-state index is 11.6. The summed E-state index contributed by atoms with van der Waals surface area (Å²) in [6.07, 6.45) is 2.81. The molecule has 0 saturated carbocycles. The van der Waals surface area contributed by atoms with Crippen LogP contribution in [0.3, 0.4) is 0 Å². The minimum atomic E-state index is -1.59. The van der Waals surface area contributed by atoms with E-state index in [1.165, 1.54) is 6.92 Å². The first-order valence-electron chi connectivity index (χ1n) is 6.18. The van der Waals surface area contributed by atoms with Crippen molar-refractivity contribution in [1.82, 2.24) is 16.0 Å². The lowest BCUT2D eigenvalue weighted by molar-refractivity contribution is -0.132. The van der Waals surface area contributed by atoms with E-state index in [9.17, 15) is 14.4 Å². The Balaban J connectivity index is 5.32. The van der Waals surface area contributed by atoms with Crippen LogP contribution in [0.25, 0.3) is 0 Å². The molecule has 0 rings (SSSR count). The van der Waals surface area contributed by atoms with Gasteiger partial charge in [0.05, 0.1) is 0 Å². The van der Waals surface area contributed by atoms with E-state index in [-0.39, 0.29) is 11.6 Å². The van der Waals surface area contributed by atoms with Crippen LogP contribution in [0.2, 0.25) is 0 Å². The van der Waals surface area contributed by atoms with E-state index in [0.717, 1.165) is 12.2 Å². The molecule has 0 bridgehead atoms. The molecule has 0 heterocycles. The Morgan fingerprint density at radius 2 is 1.67 bits per heavy atom. The summed E-state index contributed by atoms with van der Waals surface area (Å²) in [6.45, 7) is 9.73. The molecule has 0 aliphatic rings. The molecule has 21 heavy (non-hydrogen) atoms. The average molecular weight is 313 g/mol. The van der Waals surface area contributed by atoms with Crippen molar-refractivity contribution in [3.63, 3.8) is 0 Å². The van der Waals surface area contributed by atoms with Gasteiger partial charge in [-0.1, -0.05) is 20.1 Å². The molecule has 116 valence electrons. The minimum Gasteiger partial charge on any atom is -0.425 e. The zero-order chi connectivity index (χ0) is 16.5. The van der Waals surface area contributed by atoms with E-state index in [0.29, 0.717) is 6.42 Å². The fourth-order valence-corrected chi connectivity index (χ4v) is 1.72. The molecule has 3 N–H and O–H groups in total. The SMILES string of the molecule is C=CC(=O)NC(CCC)(NC(=O)C=C)OC(=S)NC(C)=O. The Hall–Kier alpha value is -2.22. The lowest BCUT2D eigenvalue weighted by Gasteiger charge is -2.34. The van der Waals surface area contributed by atoms with Crippen LogP contribution in [-0.2, 0) is 19.1 Å². The van der Waals surface area contributed by atoms with Crippen molar-refractivity contribution in [2.45, 2.75) is 32.5 Å². The largest absolute Gasteiger partial charge is 0.425 e. The molecule has 0 aliphatic heterocycles. The second-order valence-corrected chi connectivity index (χ2v) is 4.41. The first-order valence-corrected chi connectivity index (χ1v) is 6.59. The highest BCUT2D eigenvalue weighted by molar-refractivity contribution is 7.80. The molecule has 0 radical (unpaired) electrons. The summed E-state index contributed by atoms with van der Waals surface area (Å²) in [7, 11) is 0. The van der Waals surface area contributed by atoms with E-state index in [4.69, 9.17) is 17.0 Å². The number of carbonyl (C=O) groups excluding carboxylic acids is 3. The molecule has 0 atom stereocenters. The van der Waals surface area contributed by atoms with Gasteiger partial charge in [0, 0.05) is 13.3 Å². The number of hydrogen-bond acceptors (Lipinski definition) is 5. The summed E-state index contributed by atoms with van der Waals surface area (Å²) in [6, 6.07) is 0. The maximum Gasteiger partial charge on any atom is 0.266 e. The third-order valence-electron chi connectivity index (χ3n) is 2.17. The third-order valence-corrected chi connectivity index (χ3v) is 2.35. The Labute approximate surface area is 128 Å². The molecular weight excluding hydrogens is 294 g/mol. The smallest absolute Gasteiger partial charge is 0.266 e. The fraction of sp³-hybridized carbons (Fsp3) is 0.385. The molecule has 0 unspecified atom stereocenters. The minimum absolute atomic E-state index is 0.214. The van der Waals surface area contributed by atoms with E-state index in [2.05, 4.69) is 29.1 Å². The van der Waals surface area contributed by atoms with Crippen molar-refractivity contribution < 1.29 is 19.1 Å². The summed E-state index contributed by atoms with van der Waals surface area (Å²) < 4.78 is 5.37. The zero-order valence-electron chi connectivity index (χ0n) is 12.0. The van der Waals surface area contributed by atoms with Gasteiger partial charge < -0.3 is 4.74 Å². The molecule has 7 nitrogen and oxygen atoms in total. The quantitative estimate of drug-likeness (QED) is 0.361. The second kappa shape index (κ2) is 8.85. The van der Waals surface area contributed by atoms with Gasteiger partial charge in [-0.05, 0) is 30.8 Å². The van der Waals surface area contributed by atoms with Crippen LogP contribution >= 0.6 is 12.2 Å². The van der Waals surface area contributed by atoms with Crippen molar-refractivity contribution in [3.8, 4) is 0 Å². The average Bonchev–Trinajstić information content (AvgIpc) is 2.37. The number of nitrogens with one attached hydrogen (secondary N) is 3. The maximum atomic E-state index is 11.6. The summed E-state index contributed by atoms with van der Waals surface area (Å²) in [5.41, 5.74) is 0. The first kappa shape index (κ1) is 18.8. The van der Waals surface area contributed by atoms with Gasteiger partial charge in [-0.25, -0.2) is 0 Å². The number of rotatable bonds is 7. The summed E-state index contributed by atoms with van der Waals surface area (Å²) in [5.74, 6) is -3.17. The zero-order valence-corrected chi connectivity index (χ0v) is 12.8. The predicted octanol–water partition coefficient (Wildman–Crippen LogP) is 0.482. The highest BCUT2D eigenvalue weighted by Gasteiger charge is 2.35. The van der Waals surface area contributed by atoms with Crippen molar-refractivity contribution in [1.29, 1.82) is 0 Å². The van der Waals surface area contributed by atoms with E-state index in [1.807, 2.05) is 6.92 Å². The molecule has 0 aliphatic carbocycles. The van der Waals surface area contributed by atoms with E-state index < -0.39 is 23.6 Å². The van der Waals surface area contributed by atoms with Gasteiger partial charge in [-0.2, -0.15) is 0 Å². The standard InChI is InChI=1S/C13H19N3O4S/c1-5-8-13(15-10(18)6-2,16-11(19)7-3)20-12(21)14-9(4)17/h6-7H,2-3,5,8H2,1,4H3,(H,15,18)(H,16,19)(H,14,17,21). The molecular formula is C13H19N3O4S. The number of ether oxygens (including phenoxy) is 1. The third kappa shape index (κ3) is 7.21. The van der Waals surface area contributed by atoms with Gasteiger partial charge in [-0.3, -0.25) is 30.3 Å². The van der Waals surface area contributed by atoms with E-state index in [1.54, 1.807) is 0 Å². The molecule has 0 aromatic rings. The summed E-state index contributed by atoms with van der Waals surface area (Å²) in [4.78, 5) is 34.1. The van der Waals surface area contributed by atoms with Gasteiger partial charge in [0.2, 0.25) is 17.7 Å². The monoisotopic (exact) mass is 313 g/mol. The van der Waals surface area contributed by atoms with Gasteiger partial charge in [0.25, 0.3) is 11.0 Å².